The van der Waals surface area contributed by atoms with E-state index in [4.69, 9.17) is 4.74 Å². The smallest absolute Gasteiger partial charge is 0.410 e. The van der Waals surface area contributed by atoms with Gasteiger partial charge in [-0.05, 0) is 43.5 Å². The summed E-state index contributed by atoms with van der Waals surface area (Å²) in [6.45, 7) is 6.09. The maximum atomic E-state index is 12.1. The highest BCUT2D eigenvalue weighted by molar-refractivity contribution is 5.77. The van der Waals surface area contributed by atoms with Crippen LogP contribution in [-0.2, 0) is 11.3 Å². The minimum absolute atomic E-state index is 0.222. The first-order chi connectivity index (χ1) is 11.3. The van der Waals surface area contributed by atoms with E-state index in [2.05, 4.69) is 0 Å². The van der Waals surface area contributed by atoms with Crippen molar-refractivity contribution in [2.24, 2.45) is 0 Å². The van der Waals surface area contributed by atoms with E-state index >= 15 is 0 Å². The van der Waals surface area contributed by atoms with Crippen LogP contribution < -0.4 is 0 Å². The van der Waals surface area contributed by atoms with Crippen molar-refractivity contribution in [1.82, 2.24) is 4.90 Å². The molecule has 0 aromatic heterocycles. The summed E-state index contributed by atoms with van der Waals surface area (Å²) in [4.78, 5) is 24.4. The van der Waals surface area contributed by atoms with E-state index in [0.717, 1.165) is 23.0 Å². The Morgan fingerprint density at radius 3 is 2.33 bits per heavy atom. The average Bonchev–Trinajstić information content (AvgIpc) is 2.58. The summed E-state index contributed by atoms with van der Waals surface area (Å²) in [5, 5.41) is 0. The molecule has 0 saturated carbocycles. The van der Waals surface area contributed by atoms with Gasteiger partial charge in [0.2, 0.25) is 0 Å². The maximum Gasteiger partial charge on any atom is 0.410 e. The van der Waals surface area contributed by atoms with Gasteiger partial charge in [0.25, 0.3) is 0 Å². The van der Waals surface area contributed by atoms with Crippen molar-refractivity contribution in [2.75, 3.05) is 7.05 Å². The fraction of sp³-hybridized carbons (Fsp3) is 0.300. The molecule has 0 N–H and O–H groups in total. The summed E-state index contributed by atoms with van der Waals surface area (Å²) in [5.74, 6) is 0. The van der Waals surface area contributed by atoms with Crippen molar-refractivity contribution in [3.05, 3.63) is 59.7 Å². The highest BCUT2D eigenvalue weighted by Crippen LogP contribution is 2.21. The molecule has 0 radical (unpaired) electrons. The van der Waals surface area contributed by atoms with Crippen molar-refractivity contribution in [2.45, 2.75) is 32.9 Å². The zero-order valence-corrected chi connectivity index (χ0v) is 14.6. The van der Waals surface area contributed by atoms with E-state index < -0.39 is 0 Å². The van der Waals surface area contributed by atoms with Crippen LogP contribution >= 0.6 is 0 Å². The molecule has 126 valence electrons. The molecule has 0 unspecified atom stereocenters. The predicted octanol–water partition coefficient (Wildman–Crippen LogP) is 4.53. The van der Waals surface area contributed by atoms with Gasteiger partial charge in [0.1, 0.15) is 12.9 Å². The average molecular weight is 325 g/mol. The molecule has 2 aromatic rings. The normalized spacial score (nSPS) is 11.0. The molecule has 0 saturated heterocycles. The molecule has 0 spiro atoms. The molecule has 4 heteroatoms. The van der Waals surface area contributed by atoms with Crippen LogP contribution in [0, 0.1) is 0 Å². The fourth-order valence-electron chi connectivity index (χ4n) is 2.11. The van der Waals surface area contributed by atoms with Crippen molar-refractivity contribution < 1.29 is 14.3 Å². The molecule has 0 aliphatic heterocycles. The SMILES string of the molecule is CN(C(=O)OCc1cccc(-c2ccc(C=O)cc2)c1)C(C)(C)C. The summed E-state index contributed by atoms with van der Waals surface area (Å²) < 4.78 is 5.38. The van der Waals surface area contributed by atoms with E-state index in [1.54, 1.807) is 24.1 Å². The van der Waals surface area contributed by atoms with Gasteiger partial charge in [-0.3, -0.25) is 4.79 Å². The Morgan fingerprint density at radius 2 is 1.75 bits per heavy atom. The van der Waals surface area contributed by atoms with E-state index in [9.17, 15) is 9.59 Å². The Bertz CT molecular complexity index is 714. The van der Waals surface area contributed by atoms with Gasteiger partial charge in [0.15, 0.2) is 0 Å². The van der Waals surface area contributed by atoms with Gasteiger partial charge >= 0.3 is 6.09 Å². The molecule has 0 bridgehead atoms. The quantitative estimate of drug-likeness (QED) is 0.776. The molecular weight excluding hydrogens is 302 g/mol. The number of carbonyl (C=O) groups is 2. The van der Waals surface area contributed by atoms with Crippen molar-refractivity contribution in [1.29, 1.82) is 0 Å². The fourth-order valence-corrected chi connectivity index (χ4v) is 2.11. The molecule has 0 heterocycles. The van der Waals surface area contributed by atoms with E-state index in [1.165, 1.54) is 0 Å². The summed E-state index contributed by atoms with van der Waals surface area (Å²) in [6, 6.07) is 15.2. The van der Waals surface area contributed by atoms with E-state index in [1.807, 2.05) is 57.2 Å². The van der Waals surface area contributed by atoms with Crippen LogP contribution in [0.2, 0.25) is 0 Å². The summed E-state index contributed by atoms with van der Waals surface area (Å²) in [7, 11) is 1.73. The molecule has 2 rings (SSSR count). The monoisotopic (exact) mass is 325 g/mol. The maximum absolute atomic E-state index is 12.1. The Morgan fingerprint density at radius 1 is 1.08 bits per heavy atom. The molecule has 24 heavy (non-hydrogen) atoms. The first-order valence-corrected chi connectivity index (χ1v) is 7.86. The Kier molecular flexibility index (Phi) is 5.39. The lowest BCUT2D eigenvalue weighted by Crippen LogP contribution is -2.42. The first-order valence-electron chi connectivity index (χ1n) is 7.86. The number of aldehydes is 1. The van der Waals surface area contributed by atoms with Gasteiger partial charge in [0.05, 0.1) is 0 Å². The number of nitrogens with zero attached hydrogens (tertiary/aromatic N) is 1. The number of carbonyl (C=O) groups excluding carboxylic acids is 2. The molecule has 0 aliphatic carbocycles. The van der Waals surface area contributed by atoms with Gasteiger partial charge < -0.3 is 9.64 Å². The number of benzene rings is 2. The predicted molar refractivity (Wildman–Crippen MR) is 95.0 cm³/mol. The van der Waals surface area contributed by atoms with Gasteiger partial charge in [-0.25, -0.2) is 4.79 Å². The van der Waals surface area contributed by atoms with E-state index in [-0.39, 0.29) is 18.2 Å². The number of rotatable bonds is 4. The summed E-state index contributed by atoms with van der Waals surface area (Å²) >= 11 is 0. The van der Waals surface area contributed by atoms with Crippen LogP contribution in [-0.4, -0.2) is 29.9 Å². The molecule has 0 atom stereocenters. The van der Waals surface area contributed by atoms with Crippen molar-refractivity contribution in [3.8, 4) is 11.1 Å². The number of amides is 1. The first kappa shape index (κ1) is 17.7. The second-order valence-corrected chi connectivity index (χ2v) is 6.72. The lowest BCUT2D eigenvalue weighted by atomic mass is 10.0. The third-order valence-electron chi connectivity index (χ3n) is 3.95. The lowest BCUT2D eigenvalue weighted by Gasteiger charge is -2.30. The van der Waals surface area contributed by atoms with Crippen LogP contribution in [0.15, 0.2) is 48.5 Å². The van der Waals surface area contributed by atoms with Gasteiger partial charge in [-0.1, -0.05) is 42.5 Å². The number of ether oxygens (including phenoxy) is 1. The van der Waals surface area contributed by atoms with Crippen LogP contribution in [0.1, 0.15) is 36.7 Å². The minimum atomic E-state index is -0.344. The van der Waals surface area contributed by atoms with Crippen LogP contribution in [0.4, 0.5) is 4.79 Å². The number of hydrogen-bond donors (Lipinski definition) is 0. The van der Waals surface area contributed by atoms with Gasteiger partial charge in [-0.15, -0.1) is 0 Å². The zero-order chi connectivity index (χ0) is 17.7. The van der Waals surface area contributed by atoms with Crippen molar-refractivity contribution in [3.63, 3.8) is 0 Å². The molecule has 4 nitrogen and oxygen atoms in total. The van der Waals surface area contributed by atoms with Gasteiger partial charge in [0, 0.05) is 18.2 Å². The van der Waals surface area contributed by atoms with Crippen LogP contribution in [0.5, 0.6) is 0 Å². The molecular formula is C20H23NO3. The highest BCUT2D eigenvalue weighted by atomic mass is 16.6. The number of hydrogen-bond acceptors (Lipinski definition) is 3. The molecule has 2 aromatic carbocycles. The zero-order valence-electron chi connectivity index (χ0n) is 14.6. The Hall–Kier alpha value is -2.62. The highest BCUT2D eigenvalue weighted by Gasteiger charge is 2.23. The Labute approximate surface area is 143 Å². The van der Waals surface area contributed by atoms with Gasteiger partial charge in [-0.2, -0.15) is 0 Å². The second-order valence-electron chi connectivity index (χ2n) is 6.72. The van der Waals surface area contributed by atoms with E-state index in [0.29, 0.717) is 5.56 Å². The van der Waals surface area contributed by atoms with Crippen molar-refractivity contribution >= 4 is 12.4 Å². The third-order valence-corrected chi connectivity index (χ3v) is 3.95. The van der Waals surface area contributed by atoms with Crippen LogP contribution in [0.25, 0.3) is 11.1 Å². The molecule has 0 aliphatic rings. The summed E-state index contributed by atoms with van der Waals surface area (Å²) in [5.41, 5.74) is 3.32. The second kappa shape index (κ2) is 7.30. The van der Waals surface area contributed by atoms with Crippen LogP contribution in [0.3, 0.4) is 0 Å². The third kappa shape index (κ3) is 4.44. The molecule has 1 amide bonds. The largest absolute Gasteiger partial charge is 0.445 e. The lowest BCUT2D eigenvalue weighted by molar-refractivity contribution is 0.0759. The topological polar surface area (TPSA) is 46.6 Å². The standard InChI is InChI=1S/C20H23NO3/c1-20(2,3)21(4)19(23)24-14-16-6-5-7-18(12-16)17-10-8-15(13-22)9-11-17/h5-13H,14H2,1-4H3. The minimum Gasteiger partial charge on any atom is -0.445 e. The Balaban J connectivity index is 2.07. The summed E-state index contributed by atoms with van der Waals surface area (Å²) in [6.07, 6.45) is 0.481. The molecule has 0 fully saturated rings.